The lowest BCUT2D eigenvalue weighted by molar-refractivity contribution is -0.115. The van der Waals surface area contributed by atoms with Gasteiger partial charge in [0.05, 0.1) is 10.6 Å². The maximum Gasteiger partial charge on any atom is 0.264 e. The van der Waals surface area contributed by atoms with Crippen molar-refractivity contribution in [3.8, 4) is 0 Å². The second kappa shape index (κ2) is 8.74. The van der Waals surface area contributed by atoms with E-state index in [2.05, 4.69) is 62.0 Å². The molecule has 4 rings (SSSR count). The topological polar surface area (TPSA) is 44.7 Å². The summed E-state index contributed by atoms with van der Waals surface area (Å²) in [7, 11) is 0. The fourth-order valence-electron chi connectivity index (χ4n) is 4.71. The minimum Gasteiger partial charge on any atom is -0.366 e. The van der Waals surface area contributed by atoms with Gasteiger partial charge in [-0.2, -0.15) is 0 Å². The fourth-order valence-corrected chi connectivity index (χ4v) is 5.54. The molecule has 0 spiro atoms. The lowest BCUT2D eigenvalue weighted by Crippen LogP contribution is -2.48. The Bertz CT molecular complexity index is 1100. The van der Waals surface area contributed by atoms with Crippen molar-refractivity contribution in [2.24, 2.45) is 4.99 Å². The quantitative estimate of drug-likeness (QED) is 0.538. The Kier molecular flexibility index (Phi) is 6.17. The zero-order chi connectivity index (χ0) is 23.0. The summed E-state index contributed by atoms with van der Waals surface area (Å²) in [6.07, 6.45) is 4.16. The van der Waals surface area contributed by atoms with E-state index < -0.39 is 0 Å². The molecule has 4 nitrogen and oxygen atoms in total. The monoisotopic (exact) mass is 451 g/mol. The third-order valence-electron chi connectivity index (χ3n) is 6.22. The van der Waals surface area contributed by atoms with E-state index in [0.29, 0.717) is 21.7 Å². The first-order valence-corrected chi connectivity index (χ1v) is 12.0. The number of carbonyl (C=O) groups is 1. The third-order valence-corrected chi connectivity index (χ3v) is 7.13. The first kappa shape index (κ1) is 22.6. The fraction of sp³-hybridized carbons (Fsp3) is 0.385. The number of thioether (sulfide) groups is 1. The summed E-state index contributed by atoms with van der Waals surface area (Å²) in [5.74, 6) is -0.0167. The largest absolute Gasteiger partial charge is 0.366 e. The van der Waals surface area contributed by atoms with E-state index in [0.717, 1.165) is 30.5 Å². The van der Waals surface area contributed by atoms with Gasteiger partial charge in [-0.15, -0.1) is 0 Å². The van der Waals surface area contributed by atoms with E-state index in [1.807, 2.05) is 6.08 Å². The number of nitrogens with one attached hydrogen (secondary N) is 1. The molecule has 0 aromatic heterocycles. The summed E-state index contributed by atoms with van der Waals surface area (Å²) in [4.78, 5) is 20.1. The number of hydrogen-bond acceptors (Lipinski definition) is 4. The second-order valence-electron chi connectivity index (χ2n) is 9.30. The Morgan fingerprint density at radius 1 is 1.28 bits per heavy atom. The van der Waals surface area contributed by atoms with Crippen LogP contribution >= 0.6 is 11.8 Å². The van der Waals surface area contributed by atoms with Gasteiger partial charge < -0.3 is 10.2 Å². The van der Waals surface area contributed by atoms with Gasteiger partial charge in [0.1, 0.15) is 5.82 Å². The predicted molar refractivity (Wildman–Crippen MR) is 133 cm³/mol. The van der Waals surface area contributed by atoms with Gasteiger partial charge in [0, 0.05) is 17.8 Å². The van der Waals surface area contributed by atoms with Crippen molar-refractivity contribution in [2.45, 2.75) is 58.9 Å². The molecular formula is C26H30FN3OS. The lowest BCUT2D eigenvalue weighted by atomic mass is 9.79. The van der Waals surface area contributed by atoms with Gasteiger partial charge in [0.2, 0.25) is 0 Å². The highest BCUT2D eigenvalue weighted by Gasteiger charge is 2.36. The van der Waals surface area contributed by atoms with E-state index in [1.165, 1.54) is 35.1 Å². The van der Waals surface area contributed by atoms with Crippen LogP contribution in [-0.4, -0.2) is 23.2 Å². The maximum absolute atomic E-state index is 13.1. The average molecular weight is 452 g/mol. The van der Waals surface area contributed by atoms with Gasteiger partial charge in [-0.25, -0.2) is 9.38 Å². The maximum atomic E-state index is 13.1. The van der Waals surface area contributed by atoms with Crippen molar-refractivity contribution in [1.82, 2.24) is 5.32 Å². The van der Waals surface area contributed by atoms with Crippen molar-refractivity contribution in [1.29, 1.82) is 0 Å². The number of hydrogen-bond donors (Lipinski definition) is 1. The molecule has 2 aliphatic heterocycles. The Labute approximate surface area is 194 Å². The van der Waals surface area contributed by atoms with Crippen molar-refractivity contribution in [3.05, 3.63) is 63.8 Å². The Morgan fingerprint density at radius 3 is 2.69 bits per heavy atom. The highest BCUT2D eigenvalue weighted by Crippen LogP contribution is 2.45. The van der Waals surface area contributed by atoms with Crippen LogP contribution in [-0.2, 0) is 4.79 Å². The number of amides is 1. The van der Waals surface area contributed by atoms with Crippen LogP contribution in [0.25, 0.3) is 6.08 Å². The number of amidine groups is 1. The van der Waals surface area contributed by atoms with Gasteiger partial charge in [0.25, 0.3) is 5.91 Å². The zero-order valence-corrected chi connectivity index (χ0v) is 20.1. The molecule has 168 valence electrons. The van der Waals surface area contributed by atoms with Crippen molar-refractivity contribution in [2.75, 3.05) is 11.4 Å². The van der Waals surface area contributed by atoms with Crippen molar-refractivity contribution < 1.29 is 9.18 Å². The number of aryl methyl sites for hydroxylation is 1. The lowest BCUT2D eigenvalue weighted by Gasteiger charge is -2.48. The van der Waals surface area contributed by atoms with Gasteiger partial charge >= 0.3 is 0 Å². The van der Waals surface area contributed by atoms with Crippen LogP contribution < -0.4 is 10.2 Å². The second-order valence-corrected chi connectivity index (χ2v) is 10.3. The van der Waals surface area contributed by atoms with E-state index >= 15 is 0 Å². The van der Waals surface area contributed by atoms with Crippen LogP contribution in [0.3, 0.4) is 0 Å². The number of rotatable bonds is 4. The van der Waals surface area contributed by atoms with Crippen molar-refractivity contribution in [3.63, 3.8) is 0 Å². The zero-order valence-electron chi connectivity index (χ0n) is 19.3. The van der Waals surface area contributed by atoms with Crippen LogP contribution in [0, 0.1) is 12.7 Å². The molecule has 2 aromatic rings. The first-order chi connectivity index (χ1) is 15.2. The summed E-state index contributed by atoms with van der Waals surface area (Å²) in [6.45, 7) is 12.3. The van der Waals surface area contributed by atoms with Crippen molar-refractivity contribution >= 4 is 40.3 Å². The molecule has 2 aromatic carbocycles. The Morgan fingerprint density at radius 2 is 2.00 bits per heavy atom. The molecular weight excluding hydrogens is 421 g/mol. The molecule has 0 radical (unpaired) electrons. The van der Waals surface area contributed by atoms with Crippen LogP contribution in [0.2, 0.25) is 0 Å². The highest BCUT2D eigenvalue weighted by molar-refractivity contribution is 8.18. The Balaban J connectivity index is 1.65. The molecule has 1 N–H and O–H groups in total. The Hall–Kier alpha value is -2.60. The number of anilines is 1. The van der Waals surface area contributed by atoms with Gasteiger partial charge in [-0.05, 0) is 110 Å². The summed E-state index contributed by atoms with van der Waals surface area (Å²) < 4.78 is 13.1. The average Bonchev–Trinajstić information content (AvgIpc) is 3.06. The third kappa shape index (κ3) is 4.46. The summed E-state index contributed by atoms with van der Waals surface area (Å²) in [6, 6.07) is 10.4. The number of carbonyl (C=O) groups excluding carboxylic acids is 1. The van der Waals surface area contributed by atoms with Crippen LogP contribution in [0.5, 0.6) is 0 Å². The molecule has 2 heterocycles. The van der Waals surface area contributed by atoms with E-state index in [1.54, 1.807) is 12.1 Å². The van der Waals surface area contributed by atoms with Gasteiger partial charge in [-0.1, -0.05) is 13.8 Å². The van der Waals surface area contributed by atoms with Crippen LogP contribution in [0.15, 0.2) is 46.3 Å². The molecule has 1 unspecified atom stereocenters. The smallest absolute Gasteiger partial charge is 0.264 e. The minimum atomic E-state index is -0.310. The first-order valence-electron chi connectivity index (χ1n) is 11.2. The number of halogens is 1. The molecule has 0 aliphatic carbocycles. The molecule has 1 saturated heterocycles. The van der Waals surface area contributed by atoms with E-state index in [-0.39, 0.29) is 17.3 Å². The van der Waals surface area contributed by atoms with Crippen LogP contribution in [0.1, 0.15) is 63.1 Å². The number of benzene rings is 2. The summed E-state index contributed by atoms with van der Waals surface area (Å²) in [5.41, 5.74) is 5.61. The summed E-state index contributed by atoms with van der Waals surface area (Å²) >= 11 is 1.31. The number of fused-ring (bicyclic) bond motifs is 1. The molecule has 32 heavy (non-hydrogen) atoms. The molecule has 2 aliphatic rings. The van der Waals surface area contributed by atoms with E-state index in [4.69, 9.17) is 0 Å². The number of aliphatic imine (C=N–C) groups is 1. The van der Waals surface area contributed by atoms with Gasteiger partial charge in [0.15, 0.2) is 5.17 Å². The summed E-state index contributed by atoms with van der Waals surface area (Å²) in [5, 5.41) is 3.32. The molecule has 1 fully saturated rings. The molecule has 0 saturated carbocycles. The molecule has 1 amide bonds. The molecule has 1 atom stereocenters. The predicted octanol–water partition coefficient (Wildman–Crippen LogP) is 6.53. The standard InChI is InChI=1S/C26H30FN3OS/c1-6-11-30-22-12-16(2)18(13-21(22)17(3)15-26(30,4)5)14-23-24(31)29-25(32-23)28-20-9-7-19(27)8-10-20/h7-10,12-14,17H,6,11,15H2,1-5H3,(H,28,29,31)/b23-14+. The number of nitrogens with zero attached hydrogens (tertiary/aromatic N) is 2. The normalized spacial score (nSPS) is 22.4. The molecule has 6 heteroatoms. The van der Waals surface area contributed by atoms with Gasteiger partial charge in [-0.3, -0.25) is 4.79 Å². The highest BCUT2D eigenvalue weighted by atomic mass is 32.2. The minimum absolute atomic E-state index is 0.127. The molecule has 0 bridgehead atoms. The van der Waals surface area contributed by atoms with E-state index in [9.17, 15) is 9.18 Å². The van der Waals surface area contributed by atoms with Crippen LogP contribution in [0.4, 0.5) is 15.8 Å². The SMILES string of the molecule is CCCN1c2cc(C)c(/C=C3/SC(=Nc4ccc(F)cc4)NC3=O)cc2C(C)CC1(C)C.